The number of carboxylic acid groups (broad SMARTS) is 1. The Bertz CT molecular complexity index is 186. The van der Waals surface area contributed by atoms with Gasteiger partial charge >= 0.3 is 5.97 Å². The maximum atomic E-state index is 10.6. The van der Waals surface area contributed by atoms with Crippen LogP contribution in [0.4, 0.5) is 0 Å². The van der Waals surface area contributed by atoms with Gasteiger partial charge in [-0.25, -0.2) is 0 Å². The molecule has 0 fully saturated rings. The molecule has 3 atom stereocenters. The molecular formula is C10H21NO4. The lowest BCUT2D eigenvalue weighted by molar-refractivity contribution is -0.142. The van der Waals surface area contributed by atoms with E-state index in [0.717, 1.165) is 6.42 Å². The van der Waals surface area contributed by atoms with E-state index in [-0.39, 0.29) is 6.04 Å². The van der Waals surface area contributed by atoms with E-state index in [2.05, 4.69) is 5.32 Å². The van der Waals surface area contributed by atoms with E-state index in [1.54, 1.807) is 13.8 Å². The Labute approximate surface area is 90.4 Å². The molecule has 5 nitrogen and oxygen atoms in total. The number of aliphatic carboxylic acids is 1. The van der Waals surface area contributed by atoms with Crippen molar-refractivity contribution in [1.29, 1.82) is 0 Å². The first kappa shape index (κ1) is 14.3. The molecule has 0 heterocycles. The molecule has 15 heavy (non-hydrogen) atoms. The Balaban J connectivity index is 4.19. The van der Waals surface area contributed by atoms with Gasteiger partial charge in [0, 0.05) is 6.61 Å². The minimum Gasteiger partial charge on any atom is -0.480 e. The van der Waals surface area contributed by atoms with Crippen LogP contribution < -0.4 is 5.32 Å². The van der Waals surface area contributed by atoms with E-state index in [4.69, 9.17) is 9.84 Å². The van der Waals surface area contributed by atoms with Crippen molar-refractivity contribution < 1.29 is 19.7 Å². The number of hydrogen-bond acceptors (Lipinski definition) is 4. The van der Waals surface area contributed by atoms with Gasteiger partial charge in [0.25, 0.3) is 0 Å². The minimum absolute atomic E-state index is 0.332. The SMILES string of the molecule is CCC[C@H](N[C@@H](C)C(=O)O)[C@H](O)OCC. The highest BCUT2D eigenvalue weighted by atomic mass is 16.6. The average molecular weight is 219 g/mol. The van der Waals surface area contributed by atoms with Crippen LogP contribution in [0.5, 0.6) is 0 Å². The normalized spacial score (nSPS) is 17.1. The van der Waals surface area contributed by atoms with Crippen molar-refractivity contribution in [2.75, 3.05) is 6.61 Å². The highest BCUT2D eigenvalue weighted by Crippen LogP contribution is 2.05. The largest absolute Gasteiger partial charge is 0.480 e. The molecule has 3 N–H and O–H groups in total. The first-order chi connectivity index (χ1) is 7.02. The third-order valence-electron chi connectivity index (χ3n) is 2.12. The van der Waals surface area contributed by atoms with Crippen molar-refractivity contribution in [3.63, 3.8) is 0 Å². The zero-order valence-corrected chi connectivity index (χ0v) is 9.56. The summed E-state index contributed by atoms with van der Waals surface area (Å²) >= 11 is 0. The molecule has 0 aliphatic heterocycles. The molecule has 0 radical (unpaired) electrons. The van der Waals surface area contributed by atoms with Crippen LogP contribution in [-0.2, 0) is 9.53 Å². The molecule has 0 amide bonds. The fraction of sp³-hybridized carbons (Fsp3) is 0.900. The Hall–Kier alpha value is -0.650. The topological polar surface area (TPSA) is 78.8 Å². The Morgan fingerprint density at radius 3 is 2.47 bits per heavy atom. The van der Waals surface area contributed by atoms with E-state index in [9.17, 15) is 9.90 Å². The third-order valence-corrected chi connectivity index (χ3v) is 2.12. The lowest BCUT2D eigenvalue weighted by atomic mass is 10.1. The third kappa shape index (κ3) is 5.71. The number of hydrogen-bond donors (Lipinski definition) is 3. The number of nitrogens with one attached hydrogen (secondary N) is 1. The molecular weight excluding hydrogens is 198 g/mol. The van der Waals surface area contributed by atoms with Crippen molar-refractivity contribution in [1.82, 2.24) is 5.32 Å². The fourth-order valence-electron chi connectivity index (χ4n) is 1.30. The van der Waals surface area contributed by atoms with Gasteiger partial charge < -0.3 is 14.9 Å². The smallest absolute Gasteiger partial charge is 0.320 e. The van der Waals surface area contributed by atoms with Gasteiger partial charge in [0.05, 0.1) is 6.04 Å². The van der Waals surface area contributed by atoms with Crippen molar-refractivity contribution in [3.8, 4) is 0 Å². The second-order valence-electron chi connectivity index (χ2n) is 3.47. The number of carboxylic acids is 1. The van der Waals surface area contributed by atoms with E-state index in [0.29, 0.717) is 13.0 Å². The average Bonchev–Trinajstić information content (AvgIpc) is 2.17. The molecule has 0 aromatic rings. The maximum Gasteiger partial charge on any atom is 0.320 e. The maximum absolute atomic E-state index is 10.6. The summed E-state index contributed by atoms with van der Waals surface area (Å²) in [6.45, 7) is 5.71. The first-order valence-electron chi connectivity index (χ1n) is 5.31. The lowest BCUT2D eigenvalue weighted by Gasteiger charge is -2.25. The monoisotopic (exact) mass is 219 g/mol. The Morgan fingerprint density at radius 2 is 2.07 bits per heavy atom. The summed E-state index contributed by atoms with van der Waals surface area (Å²) in [6.07, 6.45) is 0.587. The van der Waals surface area contributed by atoms with Gasteiger partial charge in [-0.15, -0.1) is 0 Å². The molecule has 0 spiro atoms. The minimum atomic E-state index is -0.947. The lowest BCUT2D eigenvalue weighted by Crippen LogP contribution is -2.48. The second-order valence-corrected chi connectivity index (χ2v) is 3.47. The Kier molecular flexibility index (Phi) is 7.29. The van der Waals surface area contributed by atoms with E-state index < -0.39 is 18.3 Å². The van der Waals surface area contributed by atoms with Crippen molar-refractivity contribution in [2.24, 2.45) is 0 Å². The van der Waals surface area contributed by atoms with Gasteiger partial charge in [-0.05, 0) is 20.3 Å². The molecule has 0 aromatic carbocycles. The summed E-state index contributed by atoms with van der Waals surface area (Å²) in [5.74, 6) is -0.931. The van der Waals surface area contributed by atoms with Crippen LogP contribution in [-0.4, -0.2) is 41.2 Å². The standard InChI is InChI=1S/C10H21NO4/c1-4-6-8(10(14)15-5-2)11-7(3)9(12)13/h7-8,10-11,14H,4-6H2,1-3H3,(H,12,13)/t7-,8-,10+/m0/s1. The number of aliphatic hydroxyl groups is 1. The zero-order valence-electron chi connectivity index (χ0n) is 9.56. The molecule has 0 saturated carbocycles. The van der Waals surface area contributed by atoms with Crippen LogP contribution in [0, 0.1) is 0 Å². The van der Waals surface area contributed by atoms with Crippen LogP contribution in [0.15, 0.2) is 0 Å². The summed E-state index contributed by atoms with van der Waals surface area (Å²) < 4.78 is 5.04. The zero-order chi connectivity index (χ0) is 11.8. The van der Waals surface area contributed by atoms with E-state index >= 15 is 0 Å². The molecule has 0 rings (SSSR count). The van der Waals surface area contributed by atoms with Crippen molar-refractivity contribution in [2.45, 2.75) is 52.0 Å². The second kappa shape index (κ2) is 7.62. The molecule has 90 valence electrons. The van der Waals surface area contributed by atoms with E-state index in [1.807, 2.05) is 6.92 Å². The summed E-state index contributed by atoms with van der Waals surface area (Å²) in [7, 11) is 0. The van der Waals surface area contributed by atoms with E-state index in [1.165, 1.54) is 0 Å². The van der Waals surface area contributed by atoms with Gasteiger partial charge in [-0.3, -0.25) is 10.1 Å². The van der Waals surface area contributed by atoms with Crippen LogP contribution >= 0.6 is 0 Å². The van der Waals surface area contributed by atoms with Crippen molar-refractivity contribution in [3.05, 3.63) is 0 Å². The summed E-state index contributed by atoms with van der Waals surface area (Å²) in [6, 6.07) is -1.02. The van der Waals surface area contributed by atoms with Gasteiger partial charge in [-0.2, -0.15) is 0 Å². The highest BCUT2D eigenvalue weighted by Gasteiger charge is 2.22. The van der Waals surface area contributed by atoms with Gasteiger partial charge in [0.2, 0.25) is 0 Å². The molecule has 0 bridgehead atoms. The molecule has 0 aromatic heterocycles. The molecule has 0 aliphatic carbocycles. The summed E-state index contributed by atoms with van der Waals surface area (Å²) in [5.41, 5.74) is 0. The summed E-state index contributed by atoms with van der Waals surface area (Å²) in [4.78, 5) is 10.6. The van der Waals surface area contributed by atoms with Crippen LogP contribution in [0.1, 0.15) is 33.6 Å². The van der Waals surface area contributed by atoms with Crippen LogP contribution in [0.2, 0.25) is 0 Å². The van der Waals surface area contributed by atoms with Crippen LogP contribution in [0.3, 0.4) is 0 Å². The molecule has 0 aliphatic rings. The number of ether oxygens (including phenoxy) is 1. The van der Waals surface area contributed by atoms with Gasteiger partial charge in [-0.1, -0.05) is 13.3 Å². The van der Waals surface area contributed by atoms with Crippen molar-refractivity contribution >= 4 is 5.97 Å². The van der Waals surface area contributed by atoms with Gasteiger partial charge in [0.1, 0.15) is 6.04 Å². The van der Waals surface area contributed by atoms with Crippen LogP contribution in [0.25, 0.3) is 0 Å². The fourth-order valence-corrected chi connectivity index (χ4v) is 1.30. The Morgan fingerprint density at radius 1 is 1.47 bits per heavy atom. The van der Waals surface area contributed by atoms with Gasteiger partial charge in [0.15, 0.2) is 6.29 Å². The highest BCUT2D eigenvalue weighted by molar-refractivity contribution is 5.72. The number of aliphatic hydroxyl groups excluding tert-OH is 1. The molecule has 0 unspecified atom stereocenters. The summed E-state index contributed by atoms with van der Waals surface area (Å²) in [5, 5.41) is 21.1. The first-order valence-corrected chi connectivity index (χ1v) is 5.31. The quantitative estimate of drug-likeness (QED) is 0.520. The predicted octanol–water partition coefficient (Wildman–Crippen LogP) is 0.573. The molecule has 0 saturated heterocycles. The molecule has 5 heteroatoms. The predicted molar refractivity (Wildman–Crippen MR) is 56.6 cm³/mol. The number of carbonyl (C=O) groups is 1. The number of rotatable bonds is 8.